The van der Waals surface area contributed by atoms with E-state index in [9.17, 15) is 14.0 Å². The number of aliphatic hydroxyl groups is 1. The molecule has 158 valence electrons. The van der Waals surface area contributed by atoms with Gasteiger partial charge in [-0.2, -0.15) is 0 Å². The Balaban J connectivity index is 2.17. The monoisotopic (exact) mass is 421 g/mol. The molecule has 3 atom stereocenters. The first-order valence-electron chi connectivity index (χ1n) is 9.44. The first-order chi connectivity index (χ1) is 13.4. The van der Waals surface area contributed by atoms with Crippen molar-refractivity contribution in [2.45, 2.75) is 50.5 Å². The summed E-state index contributed by atoms with van der Waals surface area (Å²) >= 11 is -1.34. The van der Waals surface area contributed by atoms with Gasteiger partial charge in [-0.05, 0) is 65.0 Å². The van der Waals surface area contributed by atoms with Crippen molar-refractivity contribution in [1.29, 1.82) is 0 Å². The van der Waals surface area contributed by atoms with Gasteiger partial charge in [0, 0.05) is 29.0 Å². The third kappa shape index (κ3) is 4.27. The molecule has 6 nitrogen and oxygen atoms in total. The summed E-state index contributed by atoms with van der Waals surface area (Å²) in [5, 5.41) is 10.8. The van der Waals surface area contributed by atoms with E-state index in [2.05, 4.69) is 9.71 Å². The Morgan fingerprint density at radius 2 is 1.93 bits per heavy atom. The molecule has 2 aromatic rings. The van der Waals surface area contributed by atoms with Crippen LogP contribution in [0.2, 0.25) is 0 Å². The lowest BCUT2D eigenvalue weighted by Crippen LogP contribution is -2.50. The van der Waals surface area contributed by atoms with E-state index in [1.165, 1.54) is 12.1 Å². The fourth-order valence-corrected chi connectivity index (χ4v) is 3.89. The molecule has 8 heteroatoms. The van der Waals surface area contributed by atoms with Crippen LogP contribution in [0.1, 0.15) is 45.9 Å². The molecule has 0 fully saturated rings. The minimum atomic E-state index is -1.36. The maximum absolute atomic E-state index is 13.4. The number of ether oxygens (including phenoxy) is 1. The summed E-state index contributed by atoms with van der Waals surface area (Å²) in [6.45, 7) is 9.36. The lowest BCUT2D eigenvalue weighted by atomic mass is 9.90. The van der Waals surface area contributed by atoms with Gasteiger partial charge in [-0.3, -0.25) is 0 Å². The zero-order valence-corrected chi connectivity index (χ0v) is 18.2. The van der Waals surface area contributed by atoms with Crippen LogP contribution < -0.4 is 15.2 Å². The van der Waals surface area contributed by atoms with E-state index < -0.39 is 27.2 Å². The molecule has 0 bridgehead atoms. The molecule has 0 saturated heterocycles. The summed E-state index contributed by atoms with van der Waals surface area (Å²) in [5.74, 6) is 0.164. The van der Waals surface area contributed by atoms with Gasteiger partial charge in [0.1, 0.15) is 34.0 Å². The van der Waals surface area contributed by atoms with Gasteiger partial charge in [-0.1, -0.05) is 0 Å². The van der Waals surface area contributed by atoms with Gasteiger partial charge in [0.2, 0.25) is 0 Å². The van der Waals surface area contributed by atoms with E-state index in [1.807, 2.05) is 27.7 Å². The largest absolute Gasteiger partial charge is 0.598 e. The maximum atomic E-state index is 13.4. The van der Waals surface area contributed by atoms with Crippen LogP contribution in [0.3, 0.4) is 0 Å². The van der Waals surface area contributed by atoms with Gasteiger partial charge < -0.3 is 20.1 Å². The number of halogens is 1. The van der Waals surface area contributed by atoms with Crippen molar-refractivity contribution in [3.05, 3.63) is 47.4 Å². The van der Waals surface area contributed by atoms with Gasteiger partial charge in [0.25, 0.3) is 0 Å². The Morgan fingerprint density at radius 1 is 1.31 bits per heavy atom. The molecule has 1 aliphatic heterocycles. The Kier molecular flexibility index (Phi) is 5.70. The lowest BCUT2D eigenvalue weighted by molar-refractivity contribution is 0.0622. The molecular weight excluding hydrogens is 393 g/mol. The third-order valence-corrected chi connectivity index (χ3v) is 6.76. The second kappa shape index (κ2) is 7.52. The number of nitrogens with two attached hydrogens (primary N) is 1. The molecule has 2 heterocycles. The van der Waals surface area contributed by atoms with Gasteiger partial charge in [-0.15, -0.1) is 4.72 Å². The Morgan fingerprint density at radius 3 is 2.48 bits per heavy atom. The normalized spacial score (nSPS) is 22.0. The SMILES string of the molecule is CC(C)(C)[S+]([O-])N[C@]1(C)COc2c1cc([C@](C)(O)CN)nc2-c1ccc(F)cc1. The van der Waals surface area contributed by atoms with Crippen LogP contribution in [0, 0.1) is 5.82 Å². The summed E-state index contributed by atoms with van der Waals surface area (Å²) in [5.41, 5.74) is 5.88. The Bertz CT molecular complexity index is 899. The van der Waals surface area contributed by atoms with Gasteiger partial charge in [0.05, 0.1) is 5.69 Å². The van der Waals surface area contributed by atoms with E-state index in [0.717, 1.165) is 5.56 Å². The summed E-state index contributed by atoms with van der Waals surface area (Å²) in [6.07, 6.45) is 0. The maximum Gasteiger partial charge on any atom is 0.151 e. The predicted octanol–water partition coefficient (Wildman–Crippen LogP) is 2.71. The summed E-state index contributed by atoms with van der Waals surface area (Å²) in [7, 11) is 0. The number of aromatic nitrogens is 1. The van der Waals surface area contributed by atoms with E-state index in [1.54, 1.807) is 25.1 Å². The van der Waals surface area contributed by atoms with Crippen molar-refractivity contribution < 1.29 is 18.8 Å². The second-order valence-corrected chi connectivity index (χ2v) is 10.8. The van der Waals surface area contributed by atoms with Crippen LogP contribution in [0.5, 0.6) is 5.75 Å². The molecule has 1 aromatic carbocycles. The lowest BCUT2D eigenvalue weighted by Gasteiger charge is -2.32. The molecule has 0 spiro atoms. The molecule has 4 N–H and O–H groups in total. The minimum absolute atomic E-state index is 0.0272. The molecule has 1 aliphatic rings. The average Bonchev–Trinajstić information content (AvgIpc) is 2.98. The number of fused-ring (bicyclic) bond motifs is 1. The summed E-state index contributed by atoms with van der Waals surface area (Å²) in [4.78, 5) is 4.60. The summed E-state index contributed by atoms with van der Waals surface area (Å²) in [6, 6.07) is 7.66. The third-order valence-electron chi connectivity index (χ3n) is 5.01. The number of benzene rings is 1. The first-order valence-corrected chi connectivity index (χ1v) is 10.6. The van der Waals surface area contributed by atoms with Crippen LogP contribution in [-0.4, -0.2) is 32.5 Å². The zero-order chi connectivity index (χ0) is 21.6. The number of pyridine rings is 1. The van der Waals surface area contributed by atoms with Crippen molar-refractivity contribution in [1.82, 2.24) is 9.71 Å². The minimum Gasteiger partial charge on any atom is -0.598 e. The van der Waals surface area contributed by atoms with Crippen LogP contribution in [0.15, 0.2) is 30.3 Å². The molecule has 29 heavy (non-hydrogen) atoms. The first kappa shape index (κ1) is 22.0. The smallest absolute Gasteiger partial charge is 0.151 e. The van der Waals surface area contributed by atoms with E-state index >= 15 is 0 Å². The van der Waals surface area contributed by atoms with E-state index in [0.29, 0.717) is 22.7 Å². The van der Waals surface area contributed by atoms with E-state index in [-0.39, 0.29) is 19.0 Å². The van der Waals surface area contributed by atoms with Gasteiger partial charge in [-0.25, -0.2) is 9.37 Å². The standard InChI is InChI=1S/C21H28FN3O3S/c1-19(2,3)29(27)25-20(4)12-28-18-15(20)10-16(21(5,26)11-23)24-17(18)13-6-8-14(22)9-7-13/h6-10,25-26H,11-12,23H2,1-5H3/t20-,21-,29?/m1/s1. The molecule has 1 unspecified atom stereocenters. The summed E-state index contributed by atoms with van der Waals surface area (Å²) < 4.78 is 34.9. The highest BCUT2D eigenvalue weighted by atomic mass is 32.2. The highest BCUT2D eigenvalue weighted by Crippen LogP contribution is 2.45. The molecular formula is C21H28FN3O3S. The van der Waals surface area contributed by atoms with Crippen LogP contribution >= 0.6 is 0 Å². The fourth-order valence-electron chi connectivity index (χ4n) is 3.01. The number of hydrogen-bond donors (Lipinski definition) is 3. The Labute approximate surface area is 174 Å². The zero-order valence-electron chi connectivity index (χ0n) is 17.4. The van der Waals surface area contributed by atoms with E-state index in [4.69, 9.17) is 10.5 Å². The topological polar surface area (TPSA) is 103 Å². The quantitative estimate of drug-likeness (QED) is 0.642. The van der Waals surface area contributed by atoms with Gasteiger partial charge in [0.15, 0.2) is 5.75 Å². The van der Waals surface area contributed by atoms with Crippen LogP contribution in [-0.2, 0) is 22.5 Å². The van der Waals surface area contributed by atoms with Crippen molar-refractivity contribution >= 4 is 11.4 Å². The molecule has 3 rings (SSSR count). The predicted molar refractivity (Wildman–Crippen MR) is 112 cm³/mol. The van der Waals surface area contributed by atoms with Crippen LogP contribution in [0.4, 0.5) is 4.39 Å². The number of hydrogen-bond acceptors (Lipinski definition) is 6. The van der Waals surface area contributed by atoms with Crippen molar-refractivity contribution in [2.24, 2.45) is 5.73 Å². The number of rotatable bonds is 5. The van der Waals surface area contributed by atoms with Crippen molar-refractivity contribution in [2.75, 3.05) is 13.2 Å². The fraction of sp³-hybridized carbons (Fsp3) is 0.476. The highest BCUT2D eigenvalue weighted by Gasteiger charge is 2.45. The molecule has 1 aromatic heterocycles. The van der Waals surface area contributed by atoms with Crippen molar-refractivity contribution in [3.63, 3.8) is 0 Å². The van der Waals surface area contributed by atoms with Crippen molar-refractivity contribution in [3.8, 4) is 17.0 Å². The second-order valence-electron chi connectivity index (χ2n) is 8.82. The Hall–Kier alpha value is -1.71. The molecule has 0 amide bonds. The highest BCUT2D eigenvalue weighted by molar-refractivity contribution is 7.90. The number of nitrogens with one attached hydrogen (secondary N) is 1. The average molecular weight is 422 g/mol. The van der Waals surface area contributed by atoms with Crippen LogP contribution in [0.25, 0.3) is 11.3 Å². The van der Waals surface area contributed by atoms with Gasteiger partial charge >= 0.3 is 0 Å². The number of nitrogens with zero attached hydrogens (tertiary/aromatic N) is 1. The molecule has 0 radical (unpaired) electrons. The molecule has 0 saturated carbocycles. The molecule has 0 aliphatic carbocycles.